The number of hydrogen-bond donors (Lipinski definition) is 3. The highest BCUT2D eigenvalue weighted by Gasteiger charge is 2.34. The van der Waals surface area contributed by atoms with Gasteiger partial charge in [-0.25, -0.2) is 13.6 Å². The molecule has 2 rings (SSSR count). The predicted octanol–water partition coefficient (Wildman–Crippen LogP) is 1.08. The maximum atomic E-state index is 12.2. The van der Waals surface area contributed by atoms with Gasteiger partial charge in [0.05, 0.1) is 10.4 Å². The van der Waals surface area contributed by atoms with E-state index in [2.05, 4.69) is 5.32 Å². The fraction of sp³-hybridized carbons (Fsp3) is 0.533. The van der Waals surface area contributed by atoms with Crippen LogP contribution in [0.1, 0.15) is 37.7 Å². The van der Waals surface area contributed by atoms with Crippen LogP contribution < -0.4 is 16.2 Å². The summed E-state index contributed by atoms with van der Waals surface area (Å²) < 4.78 is 22.3. The van der Waals surface area contributed by atoms with Gasteiger partial charge in [0.25, 0.3) is 0 Å². The molecule has 0 saturated heterocycles. The quantitative estimate of drug-likeness (QED) is 0.727. The van der Waals surface area contributed by atoms with Crippen molar-refractivity contribution < 1.29 is 13.2 Å². The van der Waals surface area contributed by atoms with Crippen LogP contribution in [-0.2, 0) is 21.2 Å². The minimum Gasteiger partial charge on any atom is -0.354 e. The van der Waals surface area contributed by atoms with Crippen molar-refractivity contribution in [3.05, 3.63) is 29.8 Å². The van der Waals surface area contributed by atoms with Crippen molar-refractivity contribution in [2.45, 2.75) is 49.0 Å². The lowest BCUT2D eigenvalue weighted by Crippen LogP contribution is -2.55. The number of nitrogens with one attached hydrogen (secondary N) is 1. The number of amides is 1. The lowest BCUT2D eigenvalue weighted by atomic mass is 9.82. The molecule has 0 heterocycles. The fourth-order valence-corrected chi connectivity index (χ4v) is 3.27. The van der Waals surface area contributed by atoms with Gasteiger partial charge in [-0.3, -0.25) is 4.79 Å². The van der Waals surface area contributed by atoms with Crippen LogP contribution in [0.3, 0.4) is 0 Å². The molecule has 6 nitrogen and oxygen atoms in total. The highest BCUT2D eigenvalue weighted by molar-refractivity contribution is 7.89. The molecule has 0 unspecified atom stereocenters. The number of primary sulfonamides is 1. The van der Waals surface area contributed by atoms with Gasteiger partial charge in [-0.2, -0.15) is 0 Å². The summed E-state index contributed by atoms with van der Waals surface area (Å²) in [5, 5.41) is 7.92. The summed E-state index contributed by atoms with van der Waals surface area (Å²) in [4.78, 5) is 12.3. The zero-order chi connectivity index (χ0) is 16.2. The molecule has 130 valence electrons. The fourth-order valence-electron chi connectivity index (χ4n) is 2.75. The van der Waals surface area contributed by atoms with E-state index in [-0.39, 0.29) is 23.2 Å². The first-order valence-electron chi connectivity index (χ1n) is 7.50. The van der Waals surface area contributed by atoms with Crippen LogP contribution in [0.2, 0.25) is 0 Å². The smallest absolute Gasteiger partial charge is 0.240 e. The number of halogens is 1. The Morgan fingerprint density at radius 1 is 1.13 bits per heavy atom. The number of nitrogens with two attached hydrogens (primary N) is 2. The second-order valence-electron chi connectivity index (χ2n) is 5.91. The summed E-state index contributed by atoms with van der Waals surface area (Å²) in [6, 6.07) is 6.34. The highest BCUT2D eigenvalue weighted by Crippen LogP contribution is 2.25. The zero-order valence-electron chi connectivity index (χ0n) is 13.0. The van der Waals surface area contributed by atoms with Crippen molar-refractivity contribution >= 4 is 28.3 Å². The maximum Gasteiger partial charge on any atom is 0.240 e. The number of carbonyl (C=O) groups excluding carboxylic acids is 1. The number of carbonyl (C=O) groups is 1. The molecule has 1 aromatic carbocycles. The molecule has 1 aromatic rings. The Morgan fingerprint density at radius 3 is 2.22 bits per heavy atom. The van der Waals surface area contributed by atoms with Gasteiger partial charge in [0.1, 0.15) is 0 Å². The molecule has 5 N–H and O–H groups in total. The summed E-state index contributed by atoms with van der Waals surface area (Å²) in [6.07, 6.45) is 5.23. The average Bonchev–Trinajstić information content (AvgIpc) is 2.47. The molecule has 0 atom stereocenters. The Kier molecular flexibility index (Phi) is 7.01. The molecule has 0 aliphatic heterocycles. The third-order valence-electron chi connectivity index (χ3n) is 4.15. The van der Waals surface area contributed by atoms with Crippen molar-refractivity contribution in [1.82, 2.24) is 5.32 Å². The molecule has 23 heavy (non-hydrogen) atoms. The predicted molar refractivity (Wildman–Crippen MR) is 91.8 cm³/mol. The molecule has 1 aliphatic carbocycles. The third kappa shape index (κ3) is 5.46. The molecule has 1 fully saturated rings. The Labute approximate surface area is 143 Å². The summed E-state index contributed by atoms with van der Waals surface area (Å²) in [5.74, 6) is -0.0895. The zero-order valence-corrected chi connectivity index (χ0v) is 14.6. The molecular weight excluding hydrogens is 338 g/mol. The third-order valence-corrected chi connectivity index (χ3v) is 5.08. The molecule has 1 aliphatic rings. The number of hydrogen-bond acceptors (Lipinski definition) is 4. The molecular formula is C15H24ClN3O3S. The van der Waals surface area contributed by atoms with Crippen molar-refractivity contribution in [2.24, 2.45) is 10.9 Å². The molecule has 0 spiro atoms. The Bertz CT molecular complexity index is 626. The van der Waals surface area contributed by atoms with Gasteiger partial charge in [-0.05, 0) is 37.0 Å². The monoisotopic (exact) mass is 361 g/mol. The van der Waals surface area contributed by atoms with Gasteiger partial charge in [-0.15, -0.1) is 12.4 Å². The highest BCUT2D eigenvalue weighted by atomic mass is 35.5. The first kappa shape index (κ1) is 19.9. The Hall–Kier alpha value is -1.15. The van der Waals surface area contributed by atoms with Gasteiger partial charge >= 0.3 is 0 Å². The van der Waals surface area contributed by atoms with E-state index >= 15 is 0 Å². The second-order valence-corrected chi connectivity index (χ2v) is 7.47. The number of sulfonamides is 1. The van der Waals surface area contributed by atoms with Gasteiger partial charge < -0.3 is 11.1 Å². The van der Waals surface area contributed by atoms with E-state index in [1.54, 1.807) is 12.1 Å². The van der Waals surface area contributed by atoms with Crippen molar-refractivity contribution in [3.63, 3.8) is 0 Å². The van der Waals surface area contributed by atoms with E-state index in [9.17, 15) is 13.2 Å². The van der Waals surface area contributed by atoms with Crippen LogP contribution in [-0.4, -0.2) is 26.4 Å². The number of benzene rings is 1. The molecule has 1 saturated carbocycles. The van der Waals surface area contributed by atoms with Crippen molar-refractivity contribution in [3.8, 4) is 0 Å². The van der Waals surface area contributed by atoms with Crippen LogP contribution in [0.15, 0.2) is 29.2 Å². The van der Waals surface area contributed by atoms with Gasteiger partial charge in [0.2, 0.25) is 15.9 Å². The first-order chi connectivity index (χ1) is 10.3. The van der Waals surface area contributed by atoms with E-state index in [4.69, 9.17) is 10.9 Å². The van der Waals surface area contributed by atoms with E-state index < -0.39 is 15.6 Å². The minimum absolute atomic E-state index is 0. The minimum atomic E-state index is -3.66. The van der Waals surface area contributed by atoms with Crippen LogP contribution in [0.4, 0.5) is 0 Å². The summed E-state index contributed by atoms with van der Waals surface area (Å²) in [7, 11) is -3.66. The second kappa shape index (κ2) is 8.10. The van der Waals surface area contributed by atoms with Crippen LogP contribution in [0.25, 0.3) is 0 Å². The first-order valence-corrected chi connectivity index (χ1v) is 9.05. The summed E-state index contributed by atoms with van der Waals surface area (Å²) >= 11 is 0. The van der Waals surface area contributed by atoms with E-state index in [1.165, 1.54) is 12.1 Å². The van der Waals surface area contributed by atoms with Crippen LogP contribution >= 0.6 is 12.4 Å². The van der Waals surface area contributed by atoms with Gasteiger partial charge in [0, 0.05) is 6.54 Å². The maximum absolute atomic E-state index is 12.2. The average molecular weight is 362 g/mol. The largest absolute Gasteiger partial charge is 0.354 e. The van der Waals surface area contributed by atoms with Gasteiger partial charge in [0.15, 0.2) is 0 Å². The van der Waals surface area contributed by atoms with Gasteiger partial charge in [-0.1, -0.05) is 31.4 Å². The van der Waals surface area contributed by atoms with E-state index in [1.807, 2.05) is 0 Å². The number of rotatable bonds is 5. The lowest BCUT2D eigenvalue weighted by molar-refractivity contribution is -0.127. The van der Waals surface area contributed by atoms with Crippen molar-refractivity contribution in [1.29, 1.82) is 0 Å². The Balaban J connectivity index is 0.00000264. The van der Waals surface area contributed by atoms with Crippen LogP contribution in [0, 0.1) is 0 Å². The molecule has 0 bridgehead atoms. The summed E-state index contributed by atoms with van der Waals surface area (Å²) in [6.45, 7) is 0.479. The normalized spacial score (nSPS) is 17.1. The SMILES string of the molecule is Cl.NC1(C(=O)NCCc2ccc(S(N)(=O)=O)cc2)CCCCC1. The van der Waals surface area contributed by atoms with E-state index in [0.717, 1.165) is 37.7 Å². The molecule has 0 radical (unpaired) electrons. The molecule has 8 heteroatoms. The lowest BCUT2D eigenvalue weighted by Gasteiger charge is -2.31. The summed E-state index contributed by atoms with van der Waals surface area (Å²) in [5.41, 5.74) is 6.36. The standard InChI is InChI=1S/C15H23N3O3S.ClH/c16-15(9-2-1-3-10-15)14(19)18-11-8-12-4-6-13(7-5-12)22(17,20)21;/h4-7H,1-3,8-11,16H2,(H,18,19)(H2,17,20,21);1H. The molecule has 1 amide bonds. The Morgan fingerprint density at radius 2 is 1.70 bits per heavy atom. The van der Waals surface area contributed by atoms with E-state index in [0.29, 0.717) is 13.0 Å². The topological polar surface area (TPSA) is 115 Å². The van der Waals surface area contributed by atoms with Crippen molar-refractivity contribution in [2.75, 3.05) is 6.54 Å². The molecule has 0 aromatic heterocycles. The van der Waals surface area contributed by atoms with Crippen LogP contribution in [0.5, 0.6) is 0 Å².